The predicted molar refractivity (Wildman–Crippen MR) is 95.3 cm³/mol. The van der Waals surface area contributed by atoms with Crippen molar-refractivity contribution >= 4 is 0 Å². The van der Waals surface area contributed by atoms with Gasteiger partial charge in [0, 0.05) is 0 Å². The second kappa shape index (κ2) is 22.4. The van der Waals surface area contributed by atoms with Gasteiger partial charge in [-0.05, 0) is 31.9 Å². The van der Waals surface area contributed by atoms with E-state index < -0.39 is 0 Å². The van der Waals surface area contributed by atoms with E-state index in [-0.39, 0.29) is 7.43 Å². The summed E-state index contributed by atoms with van der Waals surface area (Å²) < 4.78 is 0. The normalized spacial score (nSPS) is 7.42. The van der Waals surface area contributed by atoms with Crippen LogP contribution in [0.4, 0.5) is 0 Å². The molecule has 0 aliphatic carbocycles. The van der Waals surface area contributed by atoms with Crippen LogP contribution in [0.1, 0.15) is 84.9 Å². The Morgan fingerprint density at radius 2 is 1.11 bits per heavy atom. The van der Waals surface area contributed by atoms with Gasteiger partial charge >= 0.3 is 0 Å². The lowest BCUT2D eigenvalue weighted by Crippen LogP contribution is -1.79. The van der Waals surface area contributed by atoms with E-state index in [9.17, 15) is 0 Å². The van der Waals surface area contributed by atoms with Crippen LogP contribution in [0, 0.1) is 20.8 Å². The van der Waals surface area contributed by atoms with E-state index in [0.717, 1.165) is 0 Å². The number of hydrogen-bond acceptors (Lipinski definition) is 0. The lowest BCUT2D eigenvalue weighted by atomic mass is 10.1. The number of hydrogen-bond donors (Lipinski definition) is 0. The molecule has 0 heteroatoms. The Labute approximate surface area is 124 Å². The number of benzene rings is 1. The molecule has 0 aliphatic heterocycles. The van der Waals surface area contributed by atoms with E-state index in [1.807, 2.05) is 13.8 Å². The standard InChI is InChI=1S/C9H12.C4H10.C3H8.C2H6.CH4/c1-7-4-5-8(2)9(3)6-7;1-3-4-2;1-3-2;1-2;/h4-6H,1-3H3;3-4H2,1-2H3;3H2,1-2H3;1-2H3;1H4. The Hall–Kier alpha value is -0.780. The number of aryl methyl sites for hydroxylation is 3. The molecule has 0 atom stereocenters. The highest BCUT2D eigenvalue weighted by Crippen LogP contribution is 2.07. The van der Waals surface area contributed by atoms with Crippen molar-refractivity contribution in [2.24, 2.45) is 0 Å². The van der Waals surface area contributed by atoms with Crippen LogP contribution >= 0.6 is 0 Å². The van der Waals surface area contributed by atoms with Crippen LogP contribution in [0.2, 0.25) is 0 Å². The van der Waals surface area contributed by atoms with Crippen molar-refractivity contribution in [1.29, 1.82) is 0 Å². The van der Waals surface area contributed by atoms with Crippen LogP contribution in [0.15, 0.2) is 18.2 Å². The Bertz CT molecular complexity index is 246. The molecule has 0 nitrogen and oxygen atoms in total. The smallest absolute Gasteiger partial charge is 0.0395 e. The average Bonchev–Trinajstić information content (AvgIpc) is 2.38. The van der Waals surface area contributed by atoms with Crippen molar-refractivity contribution in [1.82, 2.24) is 0 Å². The Morgan fingerprint density at radius 1 is 0.737 bits per heavy atom. The van der Waals surface area contributed by atoms with Crippen molar-refractivity contribution in [2.75, 3.05) is 0 Å². The monoisotopic (exact) mass is 268 g/mol. The number of unbranched alkanes of at least 4 members (excludes halogenated alkanes) is 1. The first-order valence-electron chi connectivity index (χ1n) is 7.57. The van der Waals surface area contributed by atoms with Gasteiger partial charge in [0.2, 0.25) is 0 Å². The molecule has 0 radical (unpaired) electrons. The van der Waals surface area contributed by atoms with Crippen molar-refractivity contribution in [3.63, 3.8) is 0 Å². The number of rotatable bonds is 1. The summed E-state index contributed by atoms with van der Waals surface area (Å²) in [6.07, 6.45) is 3.89. The van der Waals surface area contributed by atoms with Gasteiger partial charge in [0.1, 0.15) is 0 Å². The summed E-state index contributed by atoms with van der Waals surface area (Å²) in [5, 5.41) is 0. The summed E-state index contributed by atoms with van der Waals surface area (Å²) in [5.41, 5.74) is 4.11. The largest absolute Gasteiger partial charge is 0.0776 e. The maximum Gasteiger partial charge on any atom is -0.0395 e. The third kappa shape index (κ3) is 22.8. The molecule has 0 saturated carbocycles. The van der Waals surface area contributed by atoms with E-state index in [0.29, 0.717) is 0 Å². The van der Waals surface area contributed by atoms with Gasteiger partial charge in [-0.2, -0.15) is 0 Å². The van der Waals surface area contributed by atoms with E-state index >= 15 is 0 Å². The third-order valence-electron chi connectivity index (χ3n) is 2.16. The molecule has 0 unspecified atom stereocenters. The SMILES string of the molecule is C.CC.CCC.CCCC.Cc1ccc(C)c(C)c1. The molecule has 0 fully saturated rings. The average molecular weight is 269 g/mol. The van der Waals surface area contributed by atoms with E-state index in [4.69, 9.17) is 0 Å². The Kier molecular flexibility index (Phi) is 31.5. The molecule has 19 heavy (non-hydrogen) atoms. The molecule has 0 N–H and O–H groups in total. The maximum atomic E-state index is 2.20. The quantitative estimate of drug-likeness (QED) is 0.494. The van der Waals surface area contributed by atoms with Crippen molar-refractivity contribution in [2.45, 2.75) is 89.0 Å². The summed E-state index contributed by atoms with van der Waals surface area (Å²) in [6, 6.07) is 6.50. The van der Waals surface area contributed by atoms with Crippen molar-refractivity contribution in [3.05, 3.63) is 34.9 Å². The summed E-state index contributed by atoms with van der Waals surface area (Å²) in [6.45, 7) is 19.0. The zero-order valence-corrected chi connectivity index (χ0v) is 14.4. The molecule has 0 heterocycles. The van der Waals surface area contributed by atoms with Gasteiger partial charge in [-0.3, -0.25) is 0 Å². The fourth-order valence-electron chi connectivity index (χ4n) is 0.891. The molecule has 0 amide bonds. The molecular weight excluding hydrogens is 228 g/mol. The Balaban J connectivity index is -0.0000000963. The van der Waals surface area contributed by atoms with Gasteiger partial charge < -0.3 is 0 Å². The molecule has 1 aromatic rings. The summed E-state index contributed by atoms with van der Waals surface area (Å²) >= 11 is 0. The molecule has 0 spiro atoms. The summed E-state index contributed by atoms with van der Waals surface area (Å²) in [5.74, 6) is 0. The maximum absolute atomic E-state index is 2.20. The fraction of sp³-hybridized carbons (Fsp3) is 0.684. The Morgan fingerprint density at radius 3 is 1.32 bits per heavy atom. The minimum absolute atomic E-state index is 0. The third-order valence-corrected chi connectivity index (χ3v) is 2.16. The van der Waals surface area contributed by atoms with E-state index in [1.165, 1.54) is 36.0 Å². The second-order valence-electron chi connectivity index (χ2n) is 4.29. The summed E-state index contributed by atoms with van der Waals surface area (Å²) in [7, 11) is 0. The second-order valence-corrected chi connectivity index (χ2v) is 4.29. The zero-order chi connectivity index (χ0) is 15.0. The predicted octanol–water partition coefficient (Wildman–Crippen LogP) is 7.50. The molecule has 116 valence electrons. The van der Waals surface area contributed by atoms with Crippen LogP contribution < -0.4 is 0 Å². The molecule has 0 bridgehead atoms. The van der Waals surface area contributed by atoms with E-state index in [1.54, 1.807) is 0 Å². The van der Waals surface area contributed by atoms with Gasteiger partial charge in [-0.25, -0.2) is 0 Å². The van der Waals surface area contributed by atoms with Crippen molar-refractivity contribution in [3.8, 4) is 0 Å². The van der Waals surface area contributed by atoms with Gasteiger partial charge in [0.15, 0.2) is 0 Å². The first-order valence-corrected chi connectivity index (χ1v) is 7.57. The summed E-state index contributed by atoms with van der Waals surface area (Å²) in [4.78, 5) is 0. The first-order chi connectivity index (χ1) is 8.53. The van der Waals surface area contributed by atoms with Crippen LogP contribution in [0.5, 0.6) is 0 Å². The molecular formula is C19H40. The van der Waals surface area contributed by atoms with Gasteiger partial charge in [0.05, 0.1) is 0 Å². The van der Waals surface area contributed by atoms with Gasteiger partial charge in [-0.15, -0.1) is 0 Å². The zero-order valence-electron chi connectivity index (χ0n) is 14.4. The highest BCUT2D eigenvalue weighted by atomic mass is 13.9. The fourth-order valence-corrected chi connectivity index (χ4v) is 0.891. The minimum atomic E-state index is 0. The topological polar surface area (TPSA) is 0 Å². The molecule has 1 rings (SSSR count). The van der Waals surface area contributed by atoms with Crippen LogP contribution in [0.3, 0.4) is 0 Å². The first kappa shape index (κ1) is 26.7. The lowest BCUT2D eigenvalue weighted by Gasteiger charge is -1.98. The van der Waals surface area contributed by atoms with Gasteiger partial charge in [0.25, 0.3) is 0 Å². The highest BCUT2D eigenvalue weighted by molar-refractivity contribution is 5.28. The van der Waals surface area contributed by atoms with Crippen LogP contribution in [-0.2, 0) is 0 Å². The highest BCUT2D eigenvalue weighted by Gasteiger charge is 1.89. The molecule has 1 aromatic carbocycles. The molecule has 0 aliphatic rings. The molecule has 0 aromatic heterocycles. The van der Waals surface area contributed by atoms with Crippen LogP contribution in [-0.4, -0.2) is 0 Å². The molecule has 0 saturated heterocycles. The van der Waals surface area contributed by atoms with Crippen LogP contribution in [0.25, 0.3) is 0 Å². The van der Waals surface area contributed by atoms with E-state index in [2.05, 4.69) is 66.7 Å². The minimum Gasteiger partial charge on any atom is -0.0776 e. The lowest BCUT2D eigenvalue weighted by molar-refractivity contribution is 0.886. The van der Waals surface area contributed by atoms with Gasteiger partial charge in [-0.1, -0.05) is 92.0 Å². The van der Waals surface area contributed by atoms with Crippen molar-refractivity contribution < 1.29 is 0 Å².